The fourth-order valence-corrected chi connectivity index (χ4v) is 2.51. The van der Waals surface area contributed by atoms with E-state index in [1.54, 1.807) is 12.1 Å². The monoisotopic (exact) mass is 250 g/mol. The molecule has 98 valence electrons. The second-order valence-corrected chi connectivity index (χ2v) is 5.02. The zero-order valence-corrected chi connectivity index (χ0v) is 10.3. The lowest BCUT2D eigenvalue weighted by Gasteiger charge is -2.27. The van der Waals surface area contributed by atoms with E-state index in [2.05, 4.69) is 5.32 Å². The van der Waals surface area contributed by atoms with E-state index in [-0.39, 0.29) is 17.7 Å². The summed E-state index contributed by atoms with van der Waals surface area (Å²) < 4.78 is 0. The van der Waals surface area contributed by atoms with Gasteiger partial charge in [0.2, 0.25) is 0 Å². The van der Waals surface area contributed by atoms with E-state index in [1.807, 2.05) is 0 Å². The van der Waals surface area contributed by atoms with Crippen molar-refractivity contribution >= 4 is 11.4 Å². The smallest absolute Gasteiger partial charge is 0.269 e. The molecule has 0 atom stereocenters. The number of anilines is 1. The molecule has 1 aliphatic rings. The molecular formula is C13H18N2O3. The van der Waals surface area contributed by atoms with E-state index in [9.17, 15) is 15.2 Å². The molecule has 18 heavy (non-hydrogen) atoms. The number of nitrogens with zero attached hydrogens (tertiary/aromatic N) is 1. The molecule has 2 rings (SSSR count). The Morgan fingerprint density at radius 1 is 1.28 bits per heavy atom. The number of aliphatic hydroxyl groups is 1. The highest BCUT2D eigenvalue weighted by atomic mass is 16.6. The van der Waals surface area contributed by atoms with Crippen LogP contribution in [0.25, 0.3) is 0 Å². The van der Waals surface area contributed by atoms with Crippen molar-refractivity contribution in [3.8, 4) is 0 Å². The summed E-state index contributed by atoms with van der Waals surface area (Å²) in [6.07, 6.45) is 4.43. The highest BCUT2D eigenvalue weighted by Crippen LogP contribution is 2.37. The zero-order chi connectivity index (χ0) is 13.0. The van der Waals surface area contributed by atoms with Gasteiger partial charge in [-0.25, -0.2) is 0 Å². The summed E-state index contributed by atoms with van der Waals surface area (Å²) in [5.41, 5.74) is 0.945. The Kier molecular flexibility index (Phi) is 3.81. The van der Waals surface area contributed by atoms with Crippen LogP contribution in [0.1, 0.15) is 25.7 Å². The van der Waals surface area contributed by atoms with E-state index in [4.69, 9.17) is 0 Å². The predicted octanol–water partition coefficient (Wildman–Crippen LogP) is 2.56. The maximum Gasteiger partial charge on any atom is 0.269 e. The second-order valence-electron chi connectivity index (χ2n) is 5.02. The summed E-state index contributed by atoms with van der Waals surface area (Å²) in [7, 11) is 0. The van der Waals surface area contributed by atoms with Gasteiger partial charge in [-0.05, 0) is 25.0 Å². The van der Waals surface area contributed by atoms with Gasteiger partial charge < -0.3 is 10.4 Å². The fraction of sp³-hybridized carbons (Fsp3) is 0.538. The number of rotatable bonds is 5. The van der Waals surface area contributed by atoms with E-state index in [1.165, 1.54) is 25.0 Å². The molecule has 1 aliphatic carbocycles. The van der Waals surface area contributed by atoms with Crippen LogP contribution in [-0.2, 0) is 0 Å². The predicted molar refractivity (Wildman–Crippen MR) is 69.6 cm³/mol. The van der Waals surface area contributed by atoms with Gasteiger partial charge in [-0.2, -0.15) is 0 Å². The lowest BCUT2D eigenvalue weighted by atomic mass is 9.87. The number of nitro groups is 1. The van der Waals surface area contributed by atoms with Gasteiger partial charge in [0, 0.05) is 29.8 Å². The van der Waals surface area contributed by atoms with Crippen LogP contribution in [0.15, 0.2) is 24.3 Å². The number of benzene rings is 1. The average Bonchev–Trinajstić information content (AvgIpc) is 2.86. The molecule has 0 aliphatic heterocycles. The van der Waals surface area contributed by atoms with Crippen LogP contribution in [0.3, 0.4) is 0 Å². The first-order chi connectivity index (χ1) is 8.65. The summed E-state index contributed by atoms with van der Waals surface area (Å²) >= 11 is 0. The minimum Gasteiger partial charge on any atom is -0.396 e. The van der Waals surface area contributed by atoms with E-state index >= 15 is 0 Å². The first-order valence-corrected chi connectivity index (χ1v) is 6.24. The molecule has 0 spiro atoms. The van der Waals surface area contributed by atoms with Gasteiger partial charge >= 0.3 is 0 Å². The molecule has 0 aromatic heterocycles. The van der Waals surface area contributed by atoms with Crippen LogP contribution >= 0.6 is 0 Å². The number of hydrogen-bond donors (Lipinski definition) is 2. The first-order valence-electron chi connectivity index (χ1n) is 6.24. The van der Waals surface area contributed by atoms with E-state index in [0.29, 0.717) is 0 Å². The van der Waals surface area contributed by atoms with Crippen molar-refractivity contribution in [2.24, 2.45) is 5.41 Å². The lowest BCUT2D eigenvalue weighted by Crippen LogP contribution is -2.30. The molecular weight excluding hydrogens is 232 g/mol. The Hall–Kier alpha value is -1.62. The van der Waals surface area contributed by atoms with Crippen molar-refractivity contribution in [2.45, 2.75) is 25.7 Å². The Labute approximate surface area is 106 Å². The van der Waals surface area contributed by atoms with Crippen LogP contribution in [0.2, 0.25) is 0 Å². The van der Waals surface area contributed by atoms with Crippen molar-refractivity contribution < 1.29 is 10.0 Å². The number of hydrogen-bond acceptors (Lipinski definition) is 4. The third kappa shape index (κ3) is 2.79. The topological polar surface area (TPSA) is 75.4 Å². The molecule has 0 radical (unpaired) electrons. The maximum absolute atomic E-state index is 10.5. The van der Waals surface area contributed by atoms with E-state index < -0.39 is 4.92 Å². The van der Waals surface area contributed by atoms with Crippen molar-refractivity contribution in [3.05, 3.63) is 34.4 Å². The summed E-state index contributed by atoms with van der Waals surface area (Å²) in [6, 6.07) is 6.39. The highest BCUT2D eigenvalue weighted by Gasteiger charge is 2.32. The van der Waals surface area contributed by atoms with Crippen LogP contribution in [-0.4, -0.2) is 23.2 Å². The van der Waals surface area contributed by atoms with Crippen molar-refractivity contribution in [3.63, 3.8) is 0 Å². The van der Waals surface area contributed by atoms with Crippen LogP contribution in [0, 0.1) is 15.5 Å². The Balaban J connectivity index is 1.95. The molecule has 2 N–H and O–H groups in total. The second kappa shape index (κ2) is 5.35. The van der Waals surface area contributed by atoms with Crippen LogP contribution < -0.4 is 5.32 Å². The summed E-state index contributed by atoms with van der Waals surface area (Å²) in [5, 5.41) is 23.3. The number of non-ortho nitro benzene ring substituents is 1. The molecule has 0 saturated heterocycles. The lowest BCUT2D eigenvalue weighted by molar-refractivity contribution is -0.384. The standard InChI is InChI=1S/C13H18N2O3/c16-10-13(7-1-2-8-13)9-14-11-3-5-12(6-4-11)15(17)18/h3-6,14,16H,1-2,7-10H2. The van der Waals surface area contributed by atoms with Gasteiger partial charge in [0.05, 0.1) is 11.5 Å². The minimum atomic E-state index is -0.407. The molecule has 1 aromatic rings. The van der Waals surface area contributed by atoms with E-state index in [0.717, 1.165) is 25.1 Å². The minimum absolute atomic E-state index is 0.0121. The maximum atomic E-state index is 10.5. The van der Waals surface area contributed by atoms with Gasteiger partial charge in [-0.1, -0.05) is 12.8 Å². The molecule has 5 nitrogen and oxygen atoms in total. The Morgan fingerprint density at radius 3 is 2.39 bits per heavy atom. The number of nitro benzene ring substituents is 1. The Morgan fingerprint density at radius 2 is 1.89 bits per heavy atom. The molecule has 5 heteroatoms. The number of aliphatic hydroxyl groups excluding tert-OH is 1. The molecule has 1 fully saturated rings. The van der Waals surface area contributed by atoms with Gasteiger partial charge in [0.1, 0.15) is 0 Å². The van der Waals surface area contributed by atoms with Crippen LogP contribution in [0.4, 0.5) is 11.4 Å². The van der Waals surface area contributed by atoms with Gasteiger partial charge in [0.25, 0.3) is 5.69 Å². The van der Waals surface area contributed by atoms with Gasteiger partial charge in [-0.15, -0.1) is 0 Å². The van der Waals surface area contributed by atoms with Crippen molar-refractivity contribution in [2.75, 3.05) is 18.5 Å². The average molecular weight is 250 g/mol. The van der Waals surface area contributed by atoms with Crippen molar-refractivity contribution in [1.82, 2.24) is 0 Å². The normalized spacial score (nSPS) is 17.6. The van der Waals surface area contributed by atoms with Crippen LogP contribution in [0.5, 0.6) is 0 Å². The summed E-state index contributed by atoms with van der Waals surface area (Å²) in [6.45, 7) is 0.925. The Bertz CT molecular complexity index is 411. The molecule has 0 amide bonds. The fourth-order valence-electron chi connectivity index (χ4n) is 2.51. The third-order valence-corrected chi connectivity index (χ3v) is 3.75. The third-order valence-electron chi connectivity index (χ3n) is 3.75. The highest BCUT2D eigenvalue weighted by molar-refractivity contribution is 5.48. The zero-order valence-electron chi connectivity index (χ0n) is 10.3. The molecule has 0 heterocycles. The molecule has 1 aromatic carbocycles. The summed E-state index contributed by atoms with van der Waals surface area (Å²) in [4.78, 5) is 10.1. The first kappa shape index (κ1) is 12.8. The largest absolute Gasteiger partial charge is 0.396 e. The number of nitrogens with one attached hydrogen (secondary N) is 1. The SMILES string of the molecule is O=[N+]([O-])c1ccc(NCC2(CO)CCCC2)cc1. The summed E-state index contributed by atoms with van der Waals surface area (Å²) in [5.74, 6) is 0. The molecule has 0 unspecified atom stereocenters. The quantitative estimate of drug-likeness (QED) is 0.622. The van der Waals surface area contributed by atoms with Gasteiger partial charge in [-0.3, -0.25) is 10.1 Å². The molecule has 1 saturated carbocycles. The van der Waals surface area contributed by atoms with Gasteiger partial charge in [0.15, 0.2) is 0 Å². The van der Waals surface area contributed by atoms with Crippen molar-refractivity contribution in [1.29, 1.82) is 0 Å². The molecule has 0 bridgehead atoms.